The fourth-order valence-electron chi connectivity index (χ4n) is 2.40. The molecule has 0 spiro atoms. The average Bonchev–Trinajstić information content (AvgIpc) is 2.70. The van der Waals surface area contributed by atoms with E-state index in [4.69, 9.17) is 0 Å². The van der Waals surface area contributed by atoms with Crippen molar-refractivity contribution in [1.29, 1.82) is 0 Å². The summed E-state index contributed by atoms with van der Waals surface area (Å²) >= 11 is 0. The van der Waals surface area contributed by atoms with Crippen molar-refractivity contribution in [3.05, 3.63) is 30.1 Å². The highest BCUT2D eigenvalue weighted by Crippen LogP contribution is 2.22. The first kappa shape index (κ1) is 17.3. The Hall–Kier alpha value is -1.03. The van der Waals surface area contributed by atoms with Gasteiger partial charge in [0.25, 0.3) is 0 Å². The maximum absolute atomic E-state index is 12.8. The number of hydrogen-bond acceptors (Lipinski definition) is 5. The topological polar surface area (TPSA) is 92.3 Å². The minimum atomic E-state index is -3.69. The van der Waals surface area contributed by atoms with E-state index in [1.165, 1.54) is 12.1 Å². The van der Waals surface area contributed by atoms with E-state index in [1.807, 2.05) is 6.92 Å². The lowest BCUT2D eigenvalue weighted by Gasteiger charge is -2.23. The Bertz CT molecular complexity index is 732. The predicted octanol–water partition coefficient (Wildman–Crippen LogP) is 0.271. The molecule has 6 nitrogen and oxygen atoms in total. The van der Waals surface area contributed by atoms with Gasteiger partial charge in [-0.2, -0.15) is 0 Å². The van der Waals surface area contributed by atoms with Gasteiger partial charge >= 0.3 is 0 Å². The van der Waals surface area contributed by atoms with E-state index in [2.05, 4.69) is 10.0 Å². The molecule has 9 heteroatoms. The normalized spacial score (nSPS) is 24.5. The molecule has 1 saturated heterocycles. The maximum Gasteiger partial charge on any atom is 0.240 e. The number of nitrogens with one attached hydrogen (secondary N) is 2. The van der Waals surface area contributed by atoms with Crippen LogP contribution < -0.4 is 10.0 Å². The molecule has 0 unspecified atom stereocenters. The van der Waals surface area contributed by atoms with E-state index >= 15 is 0 Å². The van der Waals surface area contributed by atoms with E-state index in [1.54, 1.807) is 0 Å². The lowest BCUT2D eigenvalue weighted by Crippen LogP contribution is -2.46. The third-order valence-electron chi connectivity index (χ3n) is 3.60. The minimum absolute atomic E-state index is 0.0106. The molecule has 1 aliphatic rings. The number of sulfonamides is 1. The standard InChI is InChI=1S/C13H19FN2O4S2/c1-13(6-9-21(17,18)10-13)15-7-8-16-22(19,20)12-4-2-11(14)3-5-12/h2-5,15-16H,6-10H2,1H3/t13-/m1/s1. The quantitative estimate of drug-likeness (QED) is 0.719. The molecule has 1 fully saturated rings. The molecule has 0 aromatic heterocycles. The Kier molecular flexibility index (Phi) is 4.90. The van der Waals surface area contributed by atoms with Gasteiger partial charge in [-0.25, -0.2) is 25.9 Å². The maximum atomic E-state index is 12.8. The van der Waals surface area contributed by atoms with Gasteiger partial charge in [0, 0.05) is 18.6 Å². The van der Waals surface area contributed by atoms with Crippen molar-refractivity contribution >= 4 is 19.9 Å². The van der Waals surface area contributed by atoms with E-state index < -0.39 is 31.2 Å². The third-order valence-corrected chi connectivity index (χ3v) is 6.98. The van der Waals surface area contributed by atoms with Crippen LogP contribution in [-0.4, -0.2) is 47.0 Å². The molecule has 22 heavy (non-hydrogen) atoms. The fourth-order valence-corrected chi connectivity index (χ4v) is 5.55. The molecule has 0 saturated carbocycles. The van der Waals surface area contributed by atoms with Crippen molar-refractivity contribution in [3.8, 4) is 0 Å². The molecule has 0 aliphatic carbocycles. The Morgan fingerprint density at radius 3 is 2.41 bits per heavy atom. The fraction of sp³-hybridized carbons (Fsp3) is 0.538. The molecule has 1 atom stereocenters. The Morgan fingerprint density at radius 1 is 1.23 bits per heavy atom. The molecule has 1 aliphatic heterocycles. The molecule has 0 bridgehead atoms. The second-order valence-electron chi connectivity index (χ2n) is 5.68. The zero-order chi connectivity index (χ0) is 16.4. The SMILES string of the molecule is C[C@@]1(NCCNS(=O)(=O)c2ccc(F)cc2)CCS(=O)(=O)C1. The van der Waals surface area contributed by atoms with Gasteiger partial charge in [-0.1, -0.05) is 0 Å². The lowest BCUT2D eigenvalue weighted by atomic mass is 10.0. The van der Waals surface area contributed by atoms with Crippen LogP contribution in [0.3, 0.4) is 0 Å². The smallest absolute Gasteiger partial charge is 0.240 e. The first-order valence-corrected chi connectivity index (χ1v) is 10.1. The zero-order valence-corrected chi connectivity index (χ0v) is 13.8. The van der Waals surface area contributed by atoms with Gasteiger partial charge in [0.1, 0.15) is 5.82 Å². The molecular formula is C13H19FN2O4S2. The number of hydrogen-bond donors (Lipinski definition) is 2. The van der Waals surface area contributed by atoms with Crippen LogP contribution in [0.4, 0.5) is 4.39 Å². The summed E-state index contributed by atoms with van der Waals surface area (Å²) in [5.74, 6) is -0.293. The summed E-state index contributed by atoms with van der Waals surface area (Å²) in [7, 11) is -6.69. The molecule has 124 valence electrons. The first-order valence-electron chi connectivity index (χ1n) is 6.83. The van der Waals surface area contributed by atoms with Crippen molar-refractivity contribution in [1.82, 2.24) is 10.0 Å². The molecular weight excluding hydrogens is 331 g/mol. The van der Waals surface area contributed by atoms with Crippen LogP contribution in [0.25, 0.3) is 0 Å². The highest BCUT2D eigenvalue weighted by molar-refractivity contribution is 7.91. The van der Waals surface area contributed by atoms with Crippen LogP contribution in [0.15, 0.2) is 29.2 Å². The number of sulfone groups is 1. The largest absolute Gasteiger partial charge is 0.309 e. The molecule has 1 aromatic rings. The second-order valence-corrected chi connectivity index (χ2v) is 9.63. The summed E-state index contributed by atoms with van der Waals surface area (Å²) in [6, 6.07) is 4.54. The first-order chi connectivity index (χ1) is 10.1. The van der Waals surface area contributed by atoms with Crippen molar-refractivity contribution in [2.45, 2.75) is 23.8 Å². The summed E-state index contributed by atoms with van der Waals surface area (Å²) in [5, 5.41) is 3.08. The summed E-state index contributed by atoms with van der Waals surface area (Å²) in [5.41, 5.74) is -0.514. The number of benzene rings is 1. The highest BCUT2D eigenvalue weighted by Gasteiger charge is 2.37. The lowest BCUT2D eigenvalue weighted by molar-refractivity contribution is 0.400. The molecule has 1 heterocycles. The van der Waals surface area contributed by atoms with Gasteiger partial charge in [-0.15, -0.1) is 0 Å². The van der Waals surface area contributed by atoms with Crippen LogP contribution in [-0.2, 0) is 19.9 Å². The number of halogens is 1. The summed E-state index contributed by atoms with van der Waals surface area (Å²) < 4.78 is 62.0. The number of rotatable bonds is 6. The van der Waals surface area contributed by atoms with Crippen LogP contribution in [0.5, 0.6) is 0 Å². The van der Waals surface area contributed by atoms with Gasteiger partial charge in [0.05, 0.1) is 16.4 Å². The second kappa shape index (κ2) is 6.23. The predicted molar refractivity (Wildman–Crippen MR) is 81.3 cm³/mol. The molecule has 2 rings (SSSR count). The van der Waals surface area contributed by atoms with Gasteiger partial charge in [0.15, 0.2) is 9.84 Å². The Labute approximate surface area is 130 Å². The van der Waals surface area contributed by atoms with Crippen molar-refractivity contribution in [3.63, 3.8) is 0 Å². The third kappa shape index (κ3) is 4.48. The highest BCUT2D eigenvalue weighted by atomic mass is 32.2. The summed E-state index contributed by atoms with van der Waals surface area (Å²) in [6.07, 6.45) is 0.514. The molecule has 0 radical (unpaired) electrons. The van der Waals surface area contributed by atoms with Gasteiger partial charge in [-0.05, 0) is 37.6 Å². The van der Waals surface area contributed by atoms with Gasteiger partial charge in [0.2, 0.25) is 10.0 Å². The van der Waals surface area contributed by atoms with Crippen molar-refractivity contribution < 1.29 is 21.2 Å². The van der Waals surface area contributed by atoms with E-state index in [9.17, 15) is 21.2 Å². The van der Waals surface area contributed by atoms with Crippen LogP contribution in [0.1, 0.15) is 13.3 Å². The van der Waals surface area contributed by atoms with Crippen LogP contribution >= 0.6 is 0 Å². The van der Waals surface area contributed by atoms with Crippen LogP contribution in [0.2, 0.25) is 0 Å². The molecule has 1 aromatic carbocycles. The average molecular weight is 350 g/mol. The van der Waals surface area contributed by atoms with Gasteiger partial charge in [-0.3, -0.25) is 0 Å². The minimum Gasteiger partial charge on any atom is -0.309 e. The Balaban J connectivity index is 1.85. The summed E-state index contributed by atoms with van der Waals surface area (Å²) in [4.78, 5) is -0.0106. The van der Waals surface area contributed by atoms with Gasteiger partial charge < -0.3 is 5.32 Å². The molecule has 0 amide bonds. The monoisotopic (exact) mass is 350 g/mol. The van der Waals surface area contributed by atoms with Crippen LogP contribution in [0, 0.1) is 5.82 Å². The molecule has 2 N–H and O–H groups in total. The Morgan fingerprint density at radius 2 is 1.86 bits per heavy atom. The van der Waals surface area contributed by atoms with Crippen molar-refractivity contribution in [2.24, 2.45) is 0 Å². The van der Waals surface area contributed by atoms with E-state index in [-0.39, 0.29) is 22.9 Å². The zero-order valence-electron chi connectivity index (χ0n) is 12.2. The van der Waals surface area contributed by atoms with E-state index in [0.717, 1.165) is 12.1 Å². The van der Waals surface area contributed by atoms with Crippen molar-refractivity contribution in [2.75, 3.05) is 24.6 Å². The summed E-state index contributed by atoms with van der Waals surface area (Å²) in [6.45, 7) is 2.24. The van der Waals surface area contributed by atoms with E-state index in [0.29, 0.717) is 13.0 Å².